The maximum atomic E-state index is 11.1. The summed E-state index contributed by atoms with van der Waals surface area (Å²) in [6.07, 6.45) is 0. The van der Waals surface area contributed by atoms with E-state index in [0.717, 1.165) is 0 Å². The molecule has 1 fully saturated rings. The van der Waals surface area contributed by atoms with Gasteiger partial charge >= 0.3 is 7.60 Å². The van der Waals surface area contributed by atoms with E-state index in [9.17, 15) is 4.57 Å². The summed E-state index contributed by atoms with van der Waals surface area (Å²) in [6.45, 7) is 11.6. The lowest BCUT2D eigenvalue weighted by Crippen LogP contribution is -2.37. The maximum Gasteiger partial charge on any atom is 0.325 e. The van der Waals surface area contributed by atoms with Crippen LogP contribution in [0.3, 0.4) is 0 Å². The van der Waals surface area contributed by atoms with Gasteiger partial charge in [0, 0.05) is 6.66 Å². The molecular formula is C11H23O4P. The molecule has 0 spiro atoms. The van der Waals surface area contributed by atoms with Crippen LogP contribution in [0.1, 0.15) is 34.6 Å². The lowest BCUT2D eigenvalue weighted by Gasteiger charge is -2.30. The molecule has 1 rings (SSSR count). The SMILES string of the molecule is CC1C(C)C(C)(COP(C)(=O)O)OC1(C)C. The van der Waals surface area contributed by atoms with Crippen molar-refractivity contribution in [3.8, 4) is 0 Å². The first-order valence-electron chi connectivity index (χ1n) is 5.63. The van der Waals surface area contributed by atoms with Crippen LogP contribution < -0.4 is 0 Å². The standard InChI is InChI=1S/C11H23O4P/c1-8-9(2)11(5,15-10(8,3)4)7-14-16(6,12)13/h8-9H,7H2,1-6H3,(H,12,13). The molecule has 1 saturated heterocycles. The van der Waals surface area contributed by atoms with Crippen LogP contribution in [0.5, 0.6) is 0 Å². The molecule has 0 bridgehead atoms. The predicted molar refractivity (Wildman–Crippen MR) is 63.6 cm³/mol. The minimum absolute atomic E-state index is 0.159. The highest BCUT2D eigenvalue weighted by Crippen LogP contribution is 2.48. The van der Waals surface area contributed by atoms with Gasteiger partial charge in [0.05, 0.1) is 17.8 Å². The predicted octanol–water partition coefficient (Wildman–Crippen LogP) is 2.66. The fraction of sp³-hybridized carbons (Fsp3) is 1.00. The molecule has 96 valence electrons. The van der Waals surface area contributed by atoms with Crippen molar-refractivity contribution in [2.24, 2.45) is 11.8 Å². The van der Waals surface area contributed by atoms with E-state index < -0.39 is 13.2 Å². The van der Waals surface area contributed by atoms with E-state index in [0.29, 0.717) is 5.92 Å². The van der Waals surface area contributed by atoms with E-state index in [1.54, 1.807) is 0 Å². The van der Waals surface area contributed by atoms with Gasteiger partial charge in [0.2, 0.25) is 0 Å². The summed E-state index contributed by atoms with van der Waals surface area (Å²) < 4.78 is 22.2. The molecule has 4 nitrogen and oxygen atoms in total. The van der Waals surface area contributed by atoms with Gasteiger partial charge in [-0.05, 0) is 32.6 Å². The Morgan fingerprint density at radius 2 is 1.81 bits per heavy atom. The lowest BCUT2D eigenvalue weighted by molar-refractivity contribution is -0.108. The summed E-state index contributed by atoms with van der Waals surface area (Å²) in [6, 6.07) is 0. The third-order valence-corrected chi connectivity index (χ3v) is 4.50. The molecule has 1 aliphatic rings. The van der Waals surface area contributed by atoms with Crippen LogP contribution >= 0.6 is 7.60 Å². The van der Waals surface area contributed by atoms with Gasteiger partial charge < -0.3 is 14.2 Å². The second-order valence-electron chi connectivity index (χ2n) is 5.67. The Morgan fingerprint density at radius 3 is 2.12 bits per heavy atom. The summed E-state index contributed by atoms with van der Waals surface area (Å²) in [4.78, 5) is 9.15. The molecule has 4 unspecified atom stereocenters. The number of ether oxygens (including phenoxy) is 1. The Balaban J connectivity index is 2.76. The van der Waals surface area contributed by atoms with E-state index in [4.69, 9.17) is 14.2 Å². The van der Waals surface area contributed by atoms with Gasteiger partial charge in [-0.3, -0.25) is 4.57 Å². The quantitative estimate of drug-likeness (QED) is 0.782. The molecule has 1 heterocycles. The molecule has 0 saturated carbocycles. The molecule has 0 aromatic rings. The van der Waals surface area contributed by atoms with Crippen LogP contribution in [0.4, 0.5) is 0 Å². The topological polar surface area (TPSA) is 55.8 Å². The molecule has 4 atom stereocenters. The van der Waals surface area contributed by atoms with Crippen molar-refractivity contribution in [1.29, 1.82) is 0 Å². The van der Waals surface area contributed by atoms with Gasteiger partial charge in [0.15, 0.2) is 0 Å². The Morgan fingerprint density at radius 1 is 1.31 bits per heavy atom. The fourth-order valence-electron chi connectivity index (χ4n) is 2.33. The Bertz CT molecular complexity index is 309. The average Bonchev–Trinajstić information content (AvgIpc) is 2.24. The van der Waals surface area contributed by atoms with E-state index in [1.165, 1.54) is 6.66 Å². The minimum Gasteiger partial charge on any atom is -0.366 e. The molecule has 1 N–H and O–H groups in total. The normalized spacial score (nSPS) is 41.9. The largest absolute Gasteiger partial charge is 0.366 e. The van der Waals surface area contributed by atoms with Crippen molar-refractivity contribution in [1.82, 2.24) is 0 Å². The minimum atomic E-state index is -3.43. The molecule has 0 radical (unpaired) electrons. The molecule has 1 aliphatic heterocycles. The molecule has 0 amide bonds. The van der Waals surface area contributed by atoms with Crippen molar-refractivity contribution in [2.75, 3.05) is 13.3 Å². The first-order valence-corrected chi connectivity index (χ1v) is 7.65. The summed E-state index contributed by atoms with van der Waals surface area (Å²) in [7, 11) is -3.43. The van der Waals surface area contributed by atoms with Gasteiger partial charge in [-0.15, -0.1) is 0 Å². The monoisotopic (exact) mass is 250 g/mol. The van der Waals surface area contributed by atoms with Gasteiger partial charge in [-0.1, -0.05) is 13.8 Å². The van der Waals surface area contributed by atoms with Crippen LogP contribution in [0, 0.1) is 11.8 Å². The number of hydrogen-bond donors (Lipinski definition) is 1. The smallest absolute Gasteiger partial charge is 0.325 e. The zero-order valence-electron chi connectivity index (χ0n) is 11.0. The summed E-state index contributed by atoms with van der Waals surface area (Å²) in [5.41, 5.74) is -0.706. The lowest BCUT2D eigenvalue weighted by atomic mass is 9.79. The highest BCUT2D eigenvalue weighted by atomic mass is 31.2. The first kappa shape index (κ1) is 14.2. The molecular weight excluding hydrogens is 227 g/mol. The molecule has 16 heavy (non-hydrogen) atoms. The third-order valence-electron chi connectivity index (χ3n) is 3.90. The van der Waals surface area contributed by atoms with E-state index in [-0.39, 0.29) is 18.1 Å². The highest BCUT2D eigenvalue weighted by Gasteiger charge is 2.52. The number of hydrogen-bond acceptors (Lipinski definition) is 3. The van der Waals surface area contributed by atoms with Crippen molar-refractivity contribution in [3.05, 3.63) is 0 Å². The maximum absolute atomic E-state index is 11.1. The second-order valence-corrected chi connectivity index (χ2v) is 7.54. The number of rotatable bonds is 3. The summed E-state index contributed by atoms with van der Waals surface area (Å²) >= 11 is 0. The van der Waals surface area contributed by atoms with Crippen LogP contribution in [-0.2, 0) is 13.8 Å². The van der Waals surface area contributed by atoms with Crippen molar-refractivity contribution < 1.29 is 18.7 Å². The van der Waals surface area contributed by atoms with Gasteiger partial charge in [0.1, 0.15) is 0 Å². The van der Waals surface area contributed by atoms with Crippen LogP contribution in [0.15, 0.2) is 0 Å². The van der Waals surface area contributed by atoms with E-state index in [1.807, 2.05) is 20.8 Å². The van der Waals surface area contributed by atoms with Crippen molar-refractivity contribution in [3.63, 3.8) is 0 Å². The van der Waals surface area contributed by atoms with E-state index in [2.05, 4.69) is 13.8 Å². The third kappa shape index (κ3) is 2.86. The van der Waals surface area contributed by atoms with Crippen LogP contribution in [0.2, 0.25) is 0 Å². The second kappa shape index (κ2) is 4.09. The van der Waals surface area contributed by atoms with E-state index >= 15 is 0 Å². The van der Waals surface area contributed by atoms with Crippen molar-refractivity contribution >= 4 is 7.60 Å². The Labute approximate surface area is 97.9 Å². The molecule has 0 aromatic carbocycles. The Hall–Kier alpha value is 0.110. The van der Waals surface area contributed by atoms with Gasteiger partial charge in [-0.2, -0.15) is 0 Å². The molecule has 0 aliphatic carbocycles. The Kier molecular flexibility index (Phi) is 3.63. The van der Waals surface area contributed by atoms with Gasteiger partial charge in [0.25, 0.3) is 0 Å². The average molecular weight is 250 g/mol. The van der Waals surface area contributed by atoms with Crippen LogP contribution in [-0.4, -0.2) is 29.4 Å². The zero-order valence-corrected chi connectivity index (χ0v) is 11.9. The molecule has 5 heteroatoms. The van der Waals surface area contributed by atoms with Crippen molar-refractivity contribution in [2.45, 2.75) is 45.8 Å². The molecule has 0 aromatic heterocycles. The van der Waals surface area contributed by atoms with Gasteiger partial charge in [-0.25, -0.2) is 0 Å². The first-order chi connectivity index (χ1) is 6.98. The fourth-order valence-corrected chi connectivity index (χ4v) is 2.82. The highest BCUT2D eigenvalue weighted by molar-refractivity contribution is 7.51. The van der Waals surface area contributed by atoms with Crippen LogP contribution in [0.25, 0.3) is 0 Å². The zero-order chi connectivity index (χ0) is 12.8. The summed E-state index contributed by atoms with van der Waals surface area (Å²) in [5, 5.41) is 0. The summed E-state index contributed by atoms with van der Waals surface area (Å²) in [5.74, 6) is 0.671.